The van der Waals surface area contributed by atoms with Crippen LogP contribution in [0.15, 0.2) is 42.5 Å². The molecule has 1 aliphatic rings. The van der Waals surface area contributed by atoms with Gasteiger partial charge in [-0.3, -0.25) is 4.79 Å². The summed E-state index contributed by atoms with van der Waals surface area (Å²) in [6.07, 6.45) is 2.20. The Bertz CT molecular complexity index is 978. The molecule has 3 aromatic rings. The number of amides is 1. The van der Waals surface area contributed by atoms with Gasteiger partial charge in [-0.1, -0.05) is 18.2 Å². The molecule has 7 heteroatoms. The molecule has 0 aliphatic heterocycles. The number of aryl methyl sites for hydroxylation is 2. The highest BCUT2D eigenvalue weighted by atomic mass is 16.5. The second-order valence-corrected chi connectivity index (χ2v) is 6.84. The maximum atomic E-state index is 12.2. The Balaban J connectivity index is 1.41. The van der Waals surface area contributed by atoms with Crippen LogP contribution in [0.1, 0.15) is 30.0 Å². The molecule has 1 fully saturated rings. The Kier molecular flexibility index (Phi) is 4.58. The maximum absolute atomic E-state index is 12.2. The van der Waals surface area contributed by atoms with Crippen LogP contribution in [0.4, 0.5) is 5.69 Å². The molecule has 0 atom stereocenters. The zero-order valence-electron chi connectivity index (χ0n) is 15.3. The van der Waals surface area contributed by atoms with Crippen molar-refractivity contribution in [3.63, 3.8) is 0 Å². The first kappa shape index (κ1) is 17.2. The first-order valence-electron chi connectivity index (χ1n) is 8.98. The first-order chi connectivity index (χ1) is 13.1. The third-order valence-electron chi connectivity index (χ3n) is 4.64. The number of tetrazole rings is 1. The smallest absolute Gasteiger partial charge is 0.262 e. The standard InChI is InChI=1S/C20H21N5O2/c1-13-6-9-18(10-14(13)2)27-12-19(26)21-16-5-3-4-15(11-16)20-22-23-24-25(20)17-7-8-17/h3-6,9-11,17H,7-8,12H2,1-2H3,(H,21,26). The average Bonchev–Trinajstić information content (AvgIpc) is 3.39. The van der Waals surface area contributed by atoms with Crippen molar-refractivity contribution in [3.05, 3.63) is 53.6 Å². The van der Waals surface area contributed by atoms with Gasteiger partial charge in [-0.2, -0.15) is 0 Å². The van der Waals surface area contributed by atoms with E-state index >= 15 is 0 Å². The molecule has 1 saturated carbocycles. The monoisotopic (exact) mass is 363 g/mol. The molecule has 2 aromatic carbocycles. The Morgan fingerprint density at radius 2 is 2.04 bits per heavy atom. The number of benzene rings is 2. The molecule has 1 heterocycles. The zero-order valence-corrected chi connectivity index (χ0v) is 15.3. The van der Waals surface area contributed by atoms with Gasteiger partial charge in [0.25, 0.3) is 5.91 Å². The number of aromatic nitrogens is 4. The fraction of sp³-hybridized carbons (Fsp3) is 0.300. The van der Waals surface area contributed by atoms with Crippen molar-refractivity contribution in [2.45, 2.75) is 32.7 Å². The number of hydrogen-bond acceptors (Lipinski definition) is 5. The molecule has 4 rings (SSSR count). The summed E-state index contributed by atoms with van der Waals surface area (Å²) in [4.78, 5) is 12.2. The summed E-state index contributed by atoms with van der Waals surface area (Å²) in [6, 6.07) is 13.7. The fourth-order valence-electron chi connectivity index (χ4n) is 2.83. The third kappa shape index (κ3) is 3.97. The second kappa shape index (κ2) is 7.19. The normalized spacial score (nSPS) is 13.4. The van der Waals surface area contributed by atoms with E-state index < -0.39 is 0 Å². The molecule has 0 spiro atoms. The Labute approximate surface area is 157 Å². The summed E-state index contributed by atoms with van der Waals surface area (Å²) in [5.74, 6) is 1.19. The van der Waals surface area contributed by atoms with Gasteiger partial charge in [0.1, 0.15) is 5.75 Å². The summed E-state index contributed by atoms with van der Waals surface area (Å²) < 4.78 is 7.44. The number of nitrogens with zero attached hydrogens (tertiary/aromatic N) is 4. The largest absolute Gasteiger partial charge is 0.484 e. The van der Waals surface area contributed by atoms with Gasteiger partial charge in [-0.25, -0.2) is 4.68 Å². The molecule has 1 aliphatic carbocycles. The van der Waals surface area contributed by atoms with E-state index in [0.29, 0.717) is 17.5 Å². The van der Waals surface area contributed by atoms with Crippen LogP contribution in [0, 0.1) is 13.8 Å². The Hall–Kier alpha value is -3.22. The van der Waals surface area contributed by atoms with E-state index in [1.165, 1.54) is 5.56 Å². The quantitative estimate of drug-likeness (QED) is 0.726. The molecule has 1 aromatic heterocycles. The van der Waals surface area contributed by atoms with E-state index in [0.717, 1.165) is 29.8 Å². The molecular formula is C20H21N5O2. The van der Waals surface area contributed by atoms with Crippen LogP contribution in [0.5, 0.6) is 5.75 Å². The summed E-state index contributed by atoms with van der Waals surface area (Å²) >= 11 is 0. The molecule has 1 N–H and O–H groups in total. The van der Waals surface area contributed by atoms with E-state index in [2.05, 4.69) is 20.8 Å². The van der Waals surface area contributed by atoms with Crippen LogP contribution in [0.3, 0.4) is 0 Å². The predicted octanol–water partition coefficient (Wildman–Crippen LogP) is 3.31. The second-order valence-electron chi connectivity index (χ2n) is 6.84. The maximum Gasteiger partial charge on any atom is 0.262 e. The van der Waals surface area contributed by atoms with Crippen LogP contribution in [-0.2, 0) is 4.79 Å². The van der Waals surface area contributed by atoms with Crippen molar-refractivity contribution in [2.24, 2.45) is 0 Å². The zero-order chi connectivity index (χ0) is 18.8. The fourth-order valence-corrected chi connectivity index (χ4v) is 2.83. The summed E-state index contributed by atoms with van der Waals surface area (Å²) in [7, 11) is 0. The molecule has 0 radical (unpaired) electrons. The van der Waals surface area contributed by atoms with Gasteiger partial charge in [-0.05, 0) is 72.5 Å². The van der Waals surface area contributed by atoms with Gasteiger partial charge in [0, 0.05) is 11.3 Å². The molecule has 0 saturated heterocycles. The number of carbonyl (C=O) groups is 1. The van der Waals surface area contributed by atoms with Crippen molar-refractivity contribution in [1.29, 1.82) is 0 Å². The molecular weight excluding hydrogens is 342 g/mol. The summed E-state index contributed by atoms with van der Waals surface area (Å²) in [5, 5.41) is 14.8. The number of ether oxygens (including phenoxy) is 1. The van der Waals surface area contributed by atoms with Crippen LogP contribution in [-0.4, -0.2) is 32.7 Å². The van der Waals surface area contributed by atoms with Crippen molar-refractivity contribution in [2.75, 3.05) is 11.9 Å². The lowest BCUT2D eigenvalue weighted by Crippen LogP contribution is -2.20. The van der Waals surface area contributed by atoms with Gasteiger partial charge in [-0.15, -0.1) is 5.10 Å². The van der Waals surface area contributed by atoms with Crippen LogP contribution < -0.4 is 10.1 Å². The first-order valence-corrected chi connectivity index (χ1v) is 8.98. The van der Waals surface area contributed by atoms with Crippen LogP contribution in [0.2, 0.25) is 0 Å². The number of anilines is 1. The summed E-state index contributed by atoms with van der Waals surface area (Å²) in [5.41, 5.74) is 3.89. The van der Waals surface area contributed by atoms with E-state index in [1.807, 2.05) is 61.0 Å². The lowest BCUT2D eigenvalue weighted by molar-refractivity contribution is -0.118. The van der Waals surface area contributed by atoms with Gasteiger partial charge in [0.2, 0.25) is 0 Å². The number of rotatable bonds is 6. The van der Waals surface area contributed by atoms with E-state index in [9.17, 15) is 4.79 Å². The lowest BCUT2D eigenvalue weighted by Gasteiger charge is -2.10. The lowest BCUT2D eigenvalue weighted by atomic mass is 10.1. The summed E-state index contributed by atoms with van der Waals surface area (Å²) in [6.45, 7) is 4.01. The Morgan fingerprint density at radius 1 is 1.19 bits per heavy atom. The van der Waals surface area contributed by atoms with Crippen LogP contribution in [0.25, 0.3) is 11.4 Å². The minimum atomic E-state index is -0.216. The average molecular weight is 363 g/mol. The molecule has 0 unspecified atom stereocenters. The molecule has 138 valence electrons. The number of carbonyl (C=O) groups excluding carboxylic acids is 1. The van der Waals surface area contributed by atoms with Gasteiger partial charge in [0.15, 0.2) is 12.4 Å². The van der Waals surface area contributed by atoms with Crippen LogP contribution >= 0.6 is 0 Å². The van der Waals surface area contributed by atoms with Crippen molar-refractivity contribution in [1.82, 2.24) is 20.2 Å². The van der Waals surface area contributed by atoms with E-state index in [1.54, 1.807) is 0 Å². The van der Waals surface area contributed by atoms with E-state index in [4.69, 9.17) is 4.74 Å². The van der Waals surface area contributed by atoms with Crippen molar-refractivity contribution in [3.8, 4) is 17.1 Å². The van der Waals surface area contributed by atoms with E-state index in [-0.39, 0.29) is 12.5 Å². The SMILES string of the molecule is Cc1ccc(OCC(=O)Nc2cccc(-c3nnnn3C3CC3)c2)cc1C. The molecule has 27 heavy (non-hydrogen) atoms. The highest BCUT2D eigenvalue weighted by molar-refractivity contribution is 5.92. The van der Waals surface area contributed by atoms with Gasteiger partial charge < -0.3 is 10.1 Å². The van der Waals surface area contributed by atoms with Gasteiger partial charge >= 0.3 is 0 Å². The molecule has 1 amide bonds. The topological polar surface area (TPSA) is 81.9 Å². The molecule has 7 nitrogen and oxygen atoms in total. The minimum absolute atomic E-state index is 0.0491. The van der Waals surface area contributed by atoms with Crippen molar-refractivity contribution < 1.29 is 9.53 Å². The van der Waals surface area contributed by atoms with Crippen molar-refractivity contribution >= 4 is 11.6 Å². The number of hydrogen-bond donors (Lipinski definition) is 1. The highest BCUT2D eigenvalue weighted by Gasteiger charge is 2.28. The molecule has 0 bridgehead atoms. The van der Waals surface area contributed by atoms with Gasteiger partial charge in [0.05, 0.1) is 6.04 Å². The predicted molar refractivity (Wildman–Crippen MR) is 102 cm³/mol. The highest BCUT2D eigenvalue weighted by Crippen LogP contribution is 2.36. The minimum Gasteiger partial charge on any atom is -0.484 e. The Morgan fingerprint density at radius 3 is 2.81 bits per heavy atom. The number of nitrogens with one attached hydrogen (secondary N) is 1. The third-order valence-corrected chi connectivity index (χ3v) is 4.64.